The predicted molar refractivity (Wildman–Crippen MR) is 71.5 cm³/mol. The van der Waals surface area contributed by atoms with Crippen molar-refractivity contribution in [2.75, 3.05) is 12.4 Å². The molecule has 3 atom stereocenters. The first-order valence-electron chi connectivity index (χ1n) is 6.43. The van der Waals surface area contributed by atoms with Gasteiger partial charge in [-0.25, -0.2) is 0 Å². The Hall–Kier alpha value is -0.510. The van der Waals surface area contributed by atoms with Crippen molar-refractivity contribution in [3.63, 3.8) is 0 Å². The van der Waals surface area contributed by atoms with Crippen LogP contribution >= 0.6 is 11.8 Å². The molecule has 2 N–H and O–H groups in total. The highest BCUT2D eigenvalue weighted by Crippen LogP contribution is 2.39. The lowest BCUT2D eigenvalue weighted by atomic mass is 10.0. The lowest BCUT2D eigenvalue weighted by Gasteiger charge is -2.19. The monoisotopic (exact) mass is 249 g/mol. The average molecular weight is 249 g/mol. The second kappa shape index (κ2) is 5.01. The molecule has 3 heteroatoms. The fourth-order valence-electron chi connectivity index (χ4n) is 2.77. The van der Waals surface area contributed by atoms with E-state index in [1.807, 2.05) is 11.8 Å². The maximum Gasteiger partial charge on any atom is 0.0726 e. The fourth-order valence-corrected chi connectivity index (χ4v) is 4.00. The number of hydrogen-bond acceptors (Lipinski definition) is 3. The van der Waals surface area contributed by atoms with Crippen molar-refractivity contribution >= 4 is 11.8 Å². The number of hydrogen-bond donors (Lipinski definition) is 1. The molecule has 3 rings (SSSR count). The Bertz CT molecular complexity index is 396. The Morgan fingerprint density at radius 3 is 3.00 bits per heavy atom. The molecule has 1 saturated carbocycles. The quantitative estimate of drug-likeness (QED) is 0.894. The molecule has 1 aromatic rings. The Morgan fingerprint density at radius 2 is 2.18 bits per heavy atom. The molecule has 1 aliphatic heterocycles. The number of fused-ring (bicyclic) bond motifs is 1. The van der Waals surface area contributed by atoms with Crippen LogP contribution in [-0.2, 0) is 4.74 Å². The molecule has 0 amide bonds. The topological polar surface area (TPSA) is 35.2 Å². The zero-order valence-corrected chi connectivity index (χ0v) is 10.8. The largest absolute Gasteiger partial charge is 0.376 e. The first-order chi connectivity index (χ1) is 8.34. The van der Waals surface area contributed by atoms with Crippen LogP contribution in [0.2, 0.25) is 0 Å². The summed E-state index contributed by atoms with van der Waals surface area (Å²) in [5.41, 5.74) is 7.49. The Kier molecular flexibility index (Phi) is 3.41. The van der Waals surface area contributed by atoms with E-state index >= 15 is 0 Å². The number of thioether (sulfide) groups is 1. The van der Waals surface area contributed by atoms with E-state index in [2.05, 4.69) is 24.3 Å². The van der Waals surface area contributed by atoms with E-state index in [0.717, 1.165) is 25.2 Å². The average Bonchev–Trinajstić information content (AvgIpc) is 2.93. The van der Waals surface area contributed by atoms with Crippen molar-refractivity contribution in [1.82, 2.24) is 0 Å². The van der Waals surface area contributed by atoms with Crippen LogP contribution in [0.3, 0.4) is 0 Å². The molecule has 2 nitrogen and oxygen atoms in total. The standard InChI is InChI=1S/C14H19NOS/c15-12-5-3-6-13(12)16-8-10-9-17-14-7-2-1-4-11(10)14/h1-2,4,7,10,12-13H,3,5-6,8-9,15H2. The van der Waals surface area contributed by atoms with E-state index in [-0.39, 0.29) is 6.04 Å². The van der Waals surface area contributed by atoms with Crippen LogP contribution in [0, 0.1) is 0 Å². The van der Waals surface area contributed by atoms with Gasteiger partial charge in [-0.2, -0.15) is 0 Å². The third-order valence-electron chi connectivity index (χ3n) is 3.81. The molecular formula is C14H19NOS. The van der Waals surface area contributed by atoms with Gasteiger partial charge in [-0.05, 0) is 30.9 Å². The van der Waals surface area contributed by atoms with E-state index < -0.39 is 0 Å². The maximum atomic E-state index is 6.03. The third kappa shape index (κ3) is 2.37. The molecule has 1 heterocycles. The maximum absolute atomic E-state index is 6.03. The highest BCUT2D eigenvalue weighted by molar-refractivity contribution is 7.99. The summed E-state index contributed by atoms with van der Waals surface area (Å²) >= 11 is 1.95. The van der Waals surface area contributed by atoms with Gasteiger partial charge in [0, 0.05) is 22.6 Å². The first kappa shape index (κ1) is 11.6. The van der Waals surface area contributed by atoms with Gasteiger partial charge in [0.1, 0.15) is 0 Å². The minimum absolute atomic E-state index is 0.263. The molecule has 0 spiro atoms. The second-order valence-electron chi connectivity index (χ2n) is 5.01. The molecule has 0 bridgehead atoms. The second-order valence-corrected chi connectivity index (χ2v) is 6.07. The van der Waals surface area contributed by atoms with Gasteiger partial charge >= 0.3 is 0 Å². The van der Waals surface area contributed by atoms with Crippen LogP contribution in [0.4, 0.5) is 0 Å². The highest BCUT2D eigenvalue weighted by atomic mass is 32.2. The van der Waals surface area contributed by atoms with Crippen LogP contribution in [0.5, 0.6) is 0 Å². The third-order valence-corrected chi connectivity index (χ3v) is 5.07. The van der Waals surface area contributed by atoms with Crippen molar-refractivity contribution in [2.24, 2.45) is 5.73 Å². The number of benzene rings is 1. The van der Waals surface area contributed by atoms with E-state index in [0.29, 0.717) is 12.0 Å². The predicted octanol–water partition coefficient (Wildman–Crippen LogP) is 2.77. The normalized spacial score (nSPS) is 31.7. The molecule has 1 aliphatic carbocycles. The summed E-state index contributed by atoms with van der Waals surface area (Å²) in [4.78, 5) is 1.43. The molecular weight excluding hydrogens is 230 g/mol. The summed E-state index contributed by atoms with van der Waals surface area (Å²) in [6, 6.07) is 8.94. The minimum Gasteiger partial charge on any atom is -0.376 e. The van der Waals surface area contributed by atoms with Crippen LogP contribution < -0.4 is 5.73 Å². The molecule has 1 aromatic carbocycles. The van der Waals surface area contributed by atoms with Gasteiger partial charge < -0.3 is 10.5 Å². The molecule has 0 radical (unpaired) electrons. The van der Waals surface area contributed by atoms with E-state index in [4.69, 9.17) is 10.5 Å². The van der Waals surface area contributed by atoms with Crippen molar-refractivity contribution in [3.05, 3.63) is 29.8 Å². The van der Waals surface area contributed by atoms with Crippen molar-refractivity contribution in [2.45, 2.75) is 42.2 Å². The molecule has 3 unspecified atom stereocenters. The van der Waals surface area contributed by atoms with Gasteiger partial charge in [-0.15, -0.1) is 11.8 Å². The molecule has 0 saturated heterocycles. The van der Waals surface area contributed by atoms with Crippen LogP contribution in [0.1, 0.15) is 30.7 Å². The Labute approximate surface area is 107 Å². The molecule has 0 aromatic heterocycles. The van der Waals surface area contributed by atoms with Crippen molar-refractivity contribution in [3.8, 4) is 0 Å². The van der Waals surface area contributed by atoms with Gasteiger partial charge in [0.25, 0.3) is 0 Å². The van der Waals surface area contributed by atoms with E-state index in [1.165, 1.54) is 16.9 Å². The summed E-state index contributed by atoms with van der Waals surface area (Å²) < 4.78 is 6.02. The van der Waals surface area contributed by atoms with Gasteiger partial charge in [0.2, 0.25) is 0 Å². The molecule has 1 fully saturated rings. The van der Waals surface area contributed by atoms with Crippen molar-refractivity contribution in [1.29, 1.82) is 0 Å². The van der Waals surface area contributed by atoms with Gasteiger partial charge in [-0.3, -0.25) is 0 Å². The summed E-state index contributed by atoms with van der Waals surface area (Å²) in [5, 5.41) is 0. The van der Waals surface area contributed by atoms with Gasteiger partial charge in [0.05, 0.1) is 12.7 Å². The SMILES string of the molecule is NC1CCCC1OCC1CSc2ccccc21. The zero-order valence-electron chi connectivity index (χ0n) is 9.97. The highest BCUT2D eigenvalue weighted by Gasteiger charge is 2.28. The smallest absolute Gasteiger partial charge is 0.0726 e. The number of ether oxygens (including phenoxy) is 1. The summed E-state index contributed by atoms with van der Waals surface area (Å²) in [6.45, 7) is 0.836. The lowest BCUT2D eigenvalue weighted by Crippen LogP contribution is -2.32. The lowest BCUT2D eigenvalue weighted by molar-refractivity contribution is 0.0415. The Balaban J connectivity index is 1.60. The zero-order chi connectivity index (χ0) is 11.7. The summed E-state index contributed by atoms with van der Waals surface area (Å²) in [7, 11) is 0. The Morgan fingerprint density at radius 1 is 1.29 bits per heavy atom. The molecule has 92 valence electrons. The summed E-state index contributed by atoms with van der Waals surface area (Å²) in [5.74, 6) is 1.71. The van der Waals surface area contributed by atoms with E-state index in [1.54, 1.807) is 0 Å². The van der Waals surface area contributed by atoms with Gasteiger partial charge in [0.15, 0.2) is 0 Å². The fraction of sp³-hybridized carbons (Fsp3) is 0.571. The van der Waals surface area contributed by atoms with Crippen molar-refractivity contribution < 1.29 is 4.74 Å². The summed E-state index contributed by atoms with van der Waals surface area (Å²) in [6.07, 6.45) is 3.79. The van der Waals surface area contributed by atoms with Crippen LogP contribution in [-0.4, -0.2) is 24.5 Å². The molecule has 17 heavy (non-hydrogen) atoms. The molecule has 2 aliphatic rings. The van der Waals surface area contributed by atoms with Gasteiger partial charge in [-0.1, -0.05) is 18.2 Å². The van der Waals surface area contributed by atoms with E-state index in [9.17, 15) is 0 Å². The van der Waals surface area contributed by atoms with Crippen LogP contribution in [0.15, 0.2) is 29.2 Å². The number of rotatable bonds is 3. The van der Waals surface area contributed by atoms with Crippen LogP contribution in [0.25, 0.3) is 0 Å². The number of nitrogens with two attached hydrogens (primary N) is 1. The first-order valence-corrected chi connectivity index (χ1v) is 7.42. The minimum atomic E-state index is 0.263.